The number of carboxylic acids is 1. The Morgan fingerprint density at radius 3 is 2.47 bits per heavy atom. The lowest BCUT2D eigenvalue weighted by molar-refractivity contribution is 0.0690. The van der Waals surface area contributed by atoms with Crippen LogP contribution in [0.15, 0.2) is 48.5 Å². The SMILES string of the molecule is CC(c1ccccc1)c1cccc(C(=O)O)n1. The first kappa shape index (κ1) is 11.3. The fraction of sp³-hybridized carbons (Fsp3) is 0.143. The molecule has 3 nitrogen and oxygen atoms in total. The zero-order chi connectivity index (χ0) is 12.3. The maximum atomic E-state index is 10.8. The van der Waals surface area contributed by atoms with E-state index in [1.165, 1.54) is 6.07 Å². The lowest BCUT2D eigenvalue weighted by atomic mass is 9.97. The Morgan fingerprint density at radius 2 is 1.82 bits per heavy atom. The molecule has 2 rings (SSSR count). The van der Waals surface area contributed by atoms with Gasteiger partial charge >= 0.3 is 5.97 Å². The molecular weight excluding hydrogens is 214 g/mol. The number of rotatable bonds is 3. The van der Waals surface area contributed by atoms with Crippen molar-refractivity contribution in [2.45, 2.75) is 12.8 Å². The molecule has 0 aliphatic carbocycles. The van der Waals surface area contributed by atoms with Gasteiger partial charge in [-0.3, -0.25) is 0 Å². The van der Waals surface area contributed by atoms with Crippen LogP contribution in [0.2, 0.25) is 0 Å². The summed E-state index contributed by atoms with van der Waals surface area (Å²) in [5, 5.41) is 8.90. The van der Waals surface area contributed by atoms with Crippen LogP contribution in [0.3, 0.4) is 0 Å². The molecule has 0 aliphatic heterocycles. The summed E-state index contributed by atoms with van der Waals surface area (Å²) in [6, 6.07) is 15.0. The number of carboxylic acid groups (broad SMARTS) is 1. The van der Waals surface area contributed by atoms with Gasteiger partial charge in [0.2, 0.25) is 0 Å². The van der Waals surface area contributed by atoms with Crippen LogP contribution in [0.25, 0.3) is 0 Å². The third-order valence-electron chi connectivity index (χ3n) is 2.73. The molecule has 1 aromatic heterocycles. The smallest absolute Gasteiger partial charge is 0.354 e. The van der Waals surface area contributed by atoms with E-state index in [4.69, 9.17) is 5.11 Å². The topological polar surface area (TPSA) is 50.2 Å². The molecule has 1 heterocycles. The highest BCUT2D eigenvalue weighted by Gasteiger charge is 2.12. The Kier molecular flexibility index (Phi) is 3.19. The predicted molar refractivity (Wildman–Crippen MR) is 65.2 cm³/mol. The quantitative estimate of drug-likeness (QED) is 0.877. The van der Waals surface area contributed by atoms with Gasteiger partial charge in [-0.05, 0) is 17.7 Å². The Morgan fingerprint density at radius 1 is 1.12 bits per heavy atom. The van der Waals surface area contributed by atoms with Crippen molar-refractivity contribution in [3.8, 4) is 0 Å². The minimum absolute atomic E-state index is 0.0882. The van der Waals surface area contributed by atoms with Crippen LogP contribution in [0.4, 0.5) is 0 Å². The zero-order valence-electron chi connectivity index (χ0n) is 9.50. The normalized spacial score (nSPS) is 12.1. The third-order valence-corrected chi connectivity index (χ3v) is 2.73. The molecule has 86 valence electrons. The second-order valence-electron chi connectivity index (χ2n) is 3.89. The molecule has 0 amide bonds. The van der Waals surface area contributed by atoms with E-state index in [0.29, 0.717) is 0 Å². The van der Waals surface area contributed by atoms with Gasteiger partial charge in [0.15, 0.2) is 0 Å². The van der Waals surface area contributed by atoms with Crippen molar-refractivity contribution in [1.82, 2.24) is 4.98 Å². The number of nitrogens with zero attached hydrogens (tertiary/aromatic N) is 1. The highest BCUT2D eigenvalue weighted by molar-refractivity contribution is 5.85. The summed E-state index contributed by atoms with van der Waals surface area (Å²) >= 11 is 0. The molecule has 1 atom stereocenters. The average molecular weight is 227 g/mol. The Balaban J connectivity index is 2.34. The molecule has 0 fully saturated rings. The number of hydrogen-bond donors (Lipinski definition) is 1. The first-order chi connectivity index (χ1) is 8.18. The average Bonchev–Trinajstić information content (AvgIpc) is 2.39. The van der Waals surface area contributed by atoms with Crippen molar-refractivity contribution >= 4 is 5.97 Å². The van der Waals surface area contributed by atoms with Crippen molar-refractivity contribution in [3.05, 3.63) is 65.5 Å². The fourth-order valence-corrected chi connectivity index (χ4v) is 1.72. The highest BCUT2D eigenvalue weighted by atomic mass is 16.4. The van der Waals surface area contributed by atoms with Crippen LogP contribution in [-0.2, 0) is 0 Å². The predicted octanol–water partition coefficient (Wildman–Crippen LogP) is 2.93. The highest BCUT2D eigenvalue weighted by Crippen LogP contribution is 2.22. The number of hydrogen-bond acceptors (Lipinski definition) is 2. The van der Waals surface area contributed by atoms with Crippen LogP contribution >= 0.6 is 0 Å². The minimum Gasteiger partial charge on any atom is -0.477 e. The Hall–Kier alpha value is -2.16. The van der Waals surface area contributed by atoms with Crippen LogP contribution in [0.1, 0.15) is 34.6 Å². The van der Waals surface area contributed by atoms with Crippen molar-refractivity contribution in [3.63, 3.8) is 0 Å². The summed E-state index contributed by atoms with van der Waals surface area (Å²) in [4.78, 5) is 15.0. The molecule has 0 radical (unpaired) electrons. The lowest BCUT2D eigenvalue weighted by Crippen LogP contribution is -2.05. The number of aromatic carboxylic acids is 1. The van der Waals surface area contributed by atoms with Crippen LogP contribution in [-0.4, -0.2) is 16.1 Å². The second kappa shape index (κ2) is 4.78. The standard InChI is InChI=1S/C14H13NO2/c1-10(11-6-3-2-4-7-11)12-8-5-9-13(15-12)14(16)17/h2-10H,1H3,(H,16,17). The van der Waals surface area contributed by atoms with E-state index in [9.17, 15) is 4.79 Å². The van der Waals surface area contributed by atoms with Crippen molar-refractivity contribution in [1.29, 1.82) is 0 Å². The molecule has 3 heteroatoms. The number of carbonyl (C=O) groups is 1. The van der Waals surface area contributed by atoms with E-state index in [1.807, 2.05) is 43.3 Å². The van der Waals surface area contributed by atoms with Gasteiger partial charge < -0.3 is 5.11 Å². The lowest BCUT2D eigenvalue weighted by Gasteiger charge is -2.11. The second-order valence-corrected chi connectivity index (χ2v) is 3.89. The molecular formula is C14H13NO2. The largest absolute Gasteiger partial charge is 0.477 e. The van der Waals surface area contributed by atoms with Gasteiger partial charge in [0.1, 0.15) is 5.69 Å². The molecule has 1 N–H and O–H groups in total. The summed E-state index contributed by atoms with van der Waals surface area (Å²) < 4.78 is 0. The monoisotopic (exact) mass is 227 g/mol. The van der Waals surface area contributed by atoms with Gasteiger partial charge in [0.25, 0.3) is 0 Å². The summed E-state index contributed by atoms with van der Waals surface area (Å²) in [6.45, 7) is 2.02. The number of pyridine rings is 1. The van der Waals surface area contributed by atoms with Gasteiger partial charge in [-0.1, -0.05) is 43.3 Å². The van der Waals surface area contributed by atoms with E-state index in [2.05, 4.69) is 4.98 Å². The summed E-state index contributed by atoms with van der Waals surface area (Å²) in [6.07, 6.45) is 0. The van der Waals surface area contributed by atoms with E-state index < -0.39 is 5.97 Å². The van der Waals surface area contributed by atoms with Crippen LogP contribution < -0.4 is 0 Å². The molecule has 1 aromatic carbocycles. The minimum atomic E-state index is -0.993. The number of aromatic nitrogens is 1. The van der Waals surface area contributed by atoms with E-state index in [0.717, 1.165) is 11.3 Å². The van der Waals surface area contributed by atoms with Gasteiger partial charge in [0.05, 0.1) is 0 Å². The number of benzene rings is 1. The van der Waals surface area contributed by atoms with Crippen LogP contribution in [0.5, 0.6) is 0 Å². The zero-order valence-corrected chi connectivity index (χ0v) is 9.50. The van der Waals surface area contributed by atoms with Crippen molar-refractivity contribution in [2.24, 2.45) is 0 Å². The summed E-state index contributed by atoms with van der Waals surface area (Å²) in [7, 11) is 0. The van der Waals surface area contributed by atoms with Gasteiger partial charge in [-0.2, -0.15) is 0 Å². The van der Waals surface area contributed by atoms with E-state index in [-0.39, 0.29) is 11.6 Å². The Labute approximate surface area is 99.8 Å². The van der Waals surface area contributed by atoms with E-state index in [1.54, 1.807) is 6.07 Å². The van der Waals surface area contributed by atoms with Gasteiger partial charge in [0, 0.05) is 11.6 Å². The molecule has 0 saturated heterocycles. The molecule has 1 unspecified atom stereocenters. The first-order valence-corrected chi connectivity index (χ1v) is 5.43. The van der Waals surface area contributed by atoms with Gasteiger partial charge in [-0.25, -0.2) is 9.78 Å². The molecule has 0 bridgehead atoms. The summed E-state index contributed by atoms with van der Waals surface area (Å²) in [5.74, 6) is -0.900. The Bertz CT molecular complexity index is 523. The third kappa shape index (κ3) is 2.50. The maximum absolute atomic E-state index is 10.8. The van der Waals surface area contributed by atoms with Gasteiger partial charge in [-0.15, -0.1) is 0 Å². The molecule has 2 aromatic rings. The summed E-state index contributed by atoms with van der Waals surface area (Å²) in [5.41, 5.74) is 1.99. The molecule has 17 heavy (non-hydrogen) atoms. The van der Waals surface area contributed by atoms with Crippen LogP contribution in [0, 0.1) is 0 Å². The van der Waals surface area contributed by atoms with Crippen molar-refractivity contribution in [2.75, 3.05) is 0 Å². The fourth-order valence-electron chi connectivity index (χ4n) is 1.72. The molecule has 0 saturated carbocycles. The molecule has 0 spiro atoms. The van der Waals surface area contributed by atoms with Crippen molar-refractivity contribution < 1.29 is 9.90 Å². The maximum Gasteiger partial charge on any atom is 0.354 e. The van der Waals surface area contributed by atoms with E-state index >= 15 is 0 Å². The molecule has 0 aliphatic rings. The first-order valence-electron chi connectivity index (χ1n) is 5.43.